The van der Waals surface area contributed by atoms with Crippen LogP contribution < -0.4 is 5.73 Å². The van der Waals surface area contributed by atoms with Gasteiger partial charge in [0, 0.05) is 25.5 Å². The number of likely N-dealkylation sites (tertiary alicyclic amines) is 1. The second-order valence-electron chi connectivity index (χ2n) is 5.96. The number of pyridine rings is 2. The molecule has 4 heterocycles. The molecule has 4 rings (SSSR count). The molecule has 0 spiro atoms. The van der Waals surface area contributed by atoms with Crippen LogP contribution in [-0.2, 0) is 0 Å². The van der Waals surface area contributed by atoms with Crippen LogP contribution in [0.3, 0.4) is 0 Å². The van der Waals surface area contributed by atoms with E-state index in [9.17, 15) is 4.79 Å². The van der Waals surface area contributed by atoms with E-state index in [0.29, 0.717) is 28.4 Å². The van der Waals surface area contributed by atoms with E-state index in [1.165, 1.54) is 6.42 Å². The van der Waals surface area contributed by atoms with E-state index in [0.717, 1.165) is 25.9 Å². The Bertz CT molecular complexity index is 883. The van der Waals surface area contributed by atoms with Gasteiger partial charge >= 0.3 is 0 Å². The third kappa shape index (κ3) is 2.58. The van der Waals surface area contributed by atoms with E-state index in [4.69, 9.17) is 5.73 Å². The van der Waals surface area contributed by atoms with Crippen LogP contribution in [0.4, 0.5) is 5.69 Å². The fraction of sp³-hybridized carbons (Fsp3) is 0.294. The number of anilines is 1. The number of nitrogen functional groups attached to an aromatic ring is 1. The molecule has 0 atom stereocenters. The molecule has 1 aliphatic rings. The number of fused-ring (bicyclic) bond motifs is 1. The molecule has 3 aromatic heterocycles. The second-order valence-corrected chi connectivity index (χ2v) is 5.96. The van der Waals surface area contributed by atoms with E-state index in [2.05, 4.69) is 15.1 Å². The first kappa shape index (κ1) is 14.6. The van der Waals surface area contributed by atoms with Crippen LogP contribution in [0.25, 0.3) is 17.2 Å². The largest absolute Gasteiger partial charge is 0.396 e. The normalized spacial score (nSPS) is 14.9. The van der Waals surface area contributed by atoms with Crippen molar-refractivity contribution in [3.05, 3.63) is 42.2 Å². The lowest BCUT2D eigenvalue weighted by Crippen LogP contribution is -2.35. The van der Waals surface area contributed by atoms with E-state index in [1.807, 2.05) is 23.1 Å². The summed E-state index contributed by atoms with van der Waals surface area (Å²) in [5.41, 5.74) is 8.28. The van der Waals surface area contributed by atoms with Crippen molar-refractivity contribution in [1.82, 2.24) is 24.5 Å². The highest BCUT2D eigenvalue weighted by Gasteiger charge is 2.20. The van der Waals surface area contributed by atoms with Crippen LogP contribution in [0.5, 0.6) is 0 Å². The number of nitrogens with two attached hydrogens (primary N) is 1. The van der Waals surface area contributed by atoms with E-state index in [1.54, 1.807) is 23.0 Å². The molecular formula is C17H18N6O. The Morgan fingerprint density at radius 2 is 2.00 bits per heavy atom. The first-order chi connectivity index (χ1) is 11.7. The summed E-state index contributed by atoms with van der Waals surface area (Å²) in [4.78, 5) is 23.2. The highest BCUT2D eigenvalue weighted by Crippen LogP contribution is 2.20. The zero-order valence-electron chi connectivity index (χ0n) is 13.2. The van der Waals surface area contributed by atoms with Gasteiger partial charge in [0.05, 0.1) is 11.3 Å². The van der Waals surface area contributed by atoms with Crippen molar-refractivity contribution < 1.29 is 4.79 Å². The molecule has 24 heavy (non-hydrogen) atoms. The molecule has 1 amide bonds. The van der Waals surface area contributed by atoms with Crippen LogP contribution in [0.1, 0.15) is 29.6 Å². The van der Waals surface area contributed by atoms with Crippen LogP contribution in [0.15, 0.2) is 36.7 Å². The summed E-state index contributed by atoms with van der Waals surface area (Å²) in [5.74, 6) is 0.489. The molecule has 0 aliphatic carbocycles. The maximum atomic E-state index is 12.7. The molecule has 7 nitrogen and oxygen atoms in total. The molecule has 0 unspecified atom stereocenters. The minimum atomic E-state index is -0.00168. The number of rotatable bonds is 2. The summed E-state index contributed by atoms with van der Waals surface area (Å²) in [5, 5.41) is 4.42. The first-order valence-corrected chi connectivity index (χ1v) is 8.09. The highest BCUT2D eigenvalue weighted by molar-refractivity contribution is 5.95. The molecule has 7 heteroatoms. The average molecular weight is 322 g/mol. The van der Waals surface area contributed by atoms with Crippen molar-refractivity contribution >= 4 is 17.2 Å². The summed E-state index contributed by atoms with van der Waals surface area (Å²) in [6, 6.07) is 7.24. The van der Waals surface area contributed by atoms with Crippen molar-refractivity contribution in [2.75, 3.05) is 18.8 Å². The Balaban J connectivity index is 1.72. The lowest BCUT2D eigenvalue weighted by molar-refractivity contribution is 0.0723. The fourth-order valence-electron chi connectivity index (χ4n) is 3.01. The molecule has 3 aromatic rings. The minimum Gasteiger partial charge on any atom is -0.396 e. The van der Waals surface area contributed by atoms with Gasteiger partial charge in [-0.2, -0.15) is 0 Å². The zero-order chi connectivity index (χ0) is 16.5. The number of carbonyl (C=O) groups excluding carboxylic acids is 1. The number of hydrogen-bond acceptors (Lipinski definition) is 5. The number of amides is 1. The van der Waals surface area contributed by atoms with Gasteiger partial charge in [-0.1, -0.05) is 6.07 Å². The molecule has 0 aromatic carbocycles. The van der Waals surface area contributed by atoms with Gasteiger partial charge in [-0.25, -0.2) is 9.50 Å². The SMILES string of the molecule is Nc1cc(C(=O)N2CCCCC2)cn2nc(-c3ccccn3)nc12. The minimum absolute atomic E-state index is 0.00168. The maximum Gasteiger partial charge on any atom is 0.255 e. The Morgan fingerprint density at radius 3 is 2.75 bits per heavy atom. The Labute approximate surface area is 139 Å². The van der Waals surface area contributed by atoms with Gasteiger partial charge < -0.3 is 10.6 Å². The quantitative estimate of drug-likeness (QED) is 0.779. The highest BCUT2D eigenvalue weighted by atomic mass is 16.2. The van der Waals surface area contributed by atoms with E-state index < -0.39 is 0 Å². The van der Waals surface area contributed by atoms with Crippen LogP contribution in [0.2, 0.25) is 0 Å². The molecule has 0 bridgehead atoms. The number of hydrogen-bond donors (Lipinski definition) is 1. The standard InChI is InChI=1S/C17H18N6O/c18-13-10-12(17(24)22-8-4-1-5-9-22)11-23-16(13)20-15(21-23)14-6-2-3-7-19-14/h2-3,6-7,10-11H,1,4-5,8-9,18H2. The molecule has 0 saturated carbocycles. The molecule has 1 fully saturated rings. The van der Waals surface area contributed by atoms with Crippen molar-refractivity contribution in [1.29, 1.82) is 0 Å². The lowest BCUT2D eigenvalue weighted by Gasteiger charge is -2.26. The van der Waals surface area contributed by atoms with Gasteiger partial charge in [-0.15, -0.1) is 5.10 Å². The van der Waals surface area contributed by atoms with E-state index in [-0.39, 0.29) is 5.91 Å². The fourth-order valence-corrected chi connectivity index (χ4v) is 3.01. The topological polar surface area (TPSA) is 89.4 Å². The monoisotopic (exact) mass is 322 g/mol. The zero-order valence-corrected chi connectivity index (χ0v) is 13.2. The first-order valence-electron chi connectivity index (χ1n) is 8.09. The van der Waals surface area contributed by atoms with Gasteiger partial charge in [0.1, 0.15) is 5.69 Å². The van der Waals surface area contributed by atoms with E-state index >= 15 is 0 Å². The molecular weight excluding hydrogens is 304 g/mol. The summed E-state index contributed by atoms with van der Waals surface area (Å²) in [7, 11) is 0. The lowest BCUT2D eigenvalue weighted by atomic mass is 10.1. The molecule has 1 saturated heterocycles. The number of piperidine rings is 1. The number of aromatic nitrogens is 4. The van der Waals surface area contributed by atoms with Crippen LogP contribution >= 0.6 is 0 Å². The molecule has 2 N–H and O–H groups in total. The number of nitrogens with zero attached hydrogens (tertiary/aromatic N) is 5. The Hall–Kier alpha value is -2.96. The van der Waals surface area contributed by atoms with Gasteiger partial charge in [-0.3, -0.25) is 9.78 Å². The third-order valence-corrected chi connectivity index (χ3v) is 4.25. The summed E-state index contributed by atoms with van der Waals surface area (Å²) in [6.07, 6.45) is 6.67. The van der Waals surface area contributed by atoms with Crippen LogP contribution in [0, 0.1) is 0 Å². The molecule has 1 aliphatic heterocycles. The third-order valence-electron chi connectivity index (χ3n) is 4.25. The Morgan fingerprint density at radius 1 is 1.17 bits per heavy atom. The van der Waals surface area contributed by atoms with Gasteiger partial charge in [0.15, 0.2) is 5.65 Å². The van der Waals surface area contributed by atoms with Crippen molar-refractivity contribution in [3.63, 3.8) is 0 Å². The van der Waals surface area contributed by atoms with Crippen LogP contribution in [-0.4, -0.2) is 43.5 Å². The Kier molecular flexibility index (Phi) is 3.60. The van der Waals surface area contributed by atoms with Crippen molar-refractivity contribution in [2.24, 2.45) is 0 Å². The van der Waals surface area contributed by atoms with Crippen molar-refractivity contribution in [2.45, 2.75) is 19.3 Å². The van der Waals surface area contributed by atoms with Gasteiger partial charge in [0.2, 0.25) is 5.82 Å². The average Bonchev–Trinajstić information content (AvgIpc) is 3.07. The maximum absolute atomic E-state index is 12.7. The molecule has 0 radical (unpaired) electrons. The molecule has 122 valence electrons. The predicted molar refractivity (Wildman–Crippen MR) is 90.4 cm³/mol. The summed E-state index contributed by atoms with van der Waals surface area (Å²) in [6.45, 7) is 1.60. The number of carbonyl (C=O) groups is 1. The second kappa shape index (κ2) is 5.92. The predicted octanol–water partition coefficient (Wildman–Crippen LogP) is 2.00. The van der Waals surface area contributed by atoms with Gasteiger partial charge in [-0.05, 0) is 37.5 Å². The summed E-state index contributed by atoms with van der Waals surface area (Å²) < 4.78 is 1.57. The van der Waals surface area contributed by atoms with Gasteiger partial charge in [0.25, 0.3) is 5.91 Å². The smallest absolute Gasteiger partial charge is 0.255 e. The van der Waals surface area contributed by atoms with Crippen molar-refractivity contribution in [3.8, 4) is 11.5 Å². The summed E-state index contributed by atoms with van der Waals surface area (Å²) >= 11 is 0.